The summed E-state index contributed by atoms with van der Waals surface area (Å²) in [5.41, 5.74) is 4.60. The van der Waals surface area contributed by atoms with Crippen LogP contribution >= 0.6 is 11.3 Å². The third kappa shape index (κ3) is 4.32. The van der Waals surface area contributed by atoms with Gasteiger partial charge < -0.3 is 4.90 Å². The Kier molecular flexibility index (Phi) is 6.34. The van der Waals surface area contributed by atoms with Crippen molar-refractivity contribution in [3.63, 3.8) is 0 Å². The summed E-state index contributed by atoms with van der Waals surface area (Å²) in [6, 6.07) is 6.40. The van der Waals surface area contributed by atoms with Crippen molar-refractivity contribution in [2.24, 2.45) is 7.05 Å². The van der Waals surface area contributed by atoms with E-state index in [1.54, 1.807) is 29.1 Å². The van der Waals surface area contributed by atoms with Crippen LogP contribution in [-0.2, 0) is 13.5 Å². The average Bonchev–Trinajstić information content (AvgIpc) is 3.46. The van der Waals surface area contributed by atoms with Crippen LogP contribution in [0.2, 0.25) is 0 Å². The van der Waals surface area contributed by atoms with Crippen LogP contribution in [0.1, 0.15) is 49.6 Å². The van der Waals surface area contributed by atoms with Gasteiger partial charge in [-0.25, -0.2) is 24.1 Å². The lowest BCUT2D eigenvalue weighted by Crippen LogP contribution is -2.54. The van der Waals surface area contributed by atoms with Crippen LogP contribution in [0.3, 0.4) is 0 Å². The maximum atomic E-state index is 12.8. The maximum absolute atomic E-state index is 12.8. The first kappa shape index (κ1) is 23.5. The number of thiazole rings is 1. The minimum Gasteiger partial charge on any atom is -0.363 e. The number of pyridine rings is 1. The van der Waals surface area contributed by atoms with E-state index >= 15 is 0 Å². The topological polar surface area (TPSA) is 71.6 Å². The van der Waals surface area contributed by atoms with E-state index in [4.69, 9.17) is 9.97 Å². The highest BCUT2D eigenvalue weighted by atomic mass is 32.1. The van der Waals surface area contributed by atoms with E-state index in [-0.39, 0.29) is 17.6 Å². The Hall–Kier alpha value is -3.22. The third-order valence-corrected chi connectivity index (χ3v) is 7.85. The molecule has 182 valence electrons. The van der Waals surface area contributed by atoms with E-state index in [2.05, 4.69) is 52.6 Å². The zero-order valence-electron chi connectivity index (χ0n) is 20.9. The smallest absolute Gasteiger partial charge is 0.267 e. The van der Waals surface area contributed by atoms with Gasteiger partial charge in [-0.3, -0.25) is 9.69 Å². The Morgan fingerprint density at radius 3 is 2.83 bits per heavy atom. The number of hydrogen-bond donors (Lipinski definition) is 0. The highest BCUT2D eigenvalue weighted by molar-refractivity contribution is 7.18. The molecular weight excluding hydrogens is 458 g/mol. The lowest BCUT2D eigenvalue weighted by Gasteiger charge is -2.44. The van der Waals surface area contributed by atoms with Crippen LogP contribution in [0, 0.1) is 18.8 Å². The van der Waals surface area contributed by atoms with Crippen molar-refractivity contribution in [2.75, 3.05) is 24.5 Å². The lowest BCUT2D eigenvalue weighted by atomic mass is 10.0. The molecule has 4 aromatic rings. The van der Waals surface area contributed by atoms with Gasteiger partial charge >= 0.3 is 0 Å². The van der Waals surface area contributed by atoms with Gasteiger partial charge in [0, 0.05) is 44.8 Å². The fourth-order valence-electron chi connectivity index (χ4n) is 4.94. The maximum Gasteiger partial charge on any atom is 0.267 e. The molecule has 1 aliphatic heterocycles. The van der Waals surface area contributed by atoms with Crippen LogP contribution in [0.25, 0.3) is 16.0 Å². The fraction of sp³-hybridized carbons (Fsp3) is 0.462. The van der Waals surface area contributed by atoms with Crippen LogP contribution in [0.4, 0.5) is 5.69 Å². The Morgan fingerprint density at radius 1 is 1.23 bits per heavy atom. The zero-order chi connectivity index (χ0) is 24.7. The number of anilines is 1. The molecule has 2 unspecified atom stereocenters. The normalized spacial score (nSPS) is 17.6. The second-order valence-corrected chi connectivity index (χ2v) is 10.3. The molecule has 0 bridgehead atoms. The third-order valence-electron chi connectivity index (χ3n) is 6.97. The number of piperazine rings is 1. The summed E-state index contributed by atoms with van der Waals surface area (Å²) >= 11 is 1.65. The van der Waals surface area contributed by atoms with E-state index < -0.39 is 0 Å². The summed E-state index contributed by atoms with van der Waals surface area (Å²) < 4.78 is 3.47. The molecule has 0 radical (unpaired) electrons. The summed E-state index contributed by atoms with van der Waals surface area (Å²) in [5.74, 6) is 6.01. The molecule has 0 aromatic carbocycles. The minimum atomic E-state index is -0.0407. The molecule has 1 fully saturated rings. The zero-order valence-corrected chi connectivity index (χ0v) is 21.8. The van der Waals surface area contributed by atoms with Gasteiger partial charge in [-0.2, -0.15) is 0 Å². The first-order chi connectivity index (χ1) is 16.9. The summed E-state index contributed by atoms with van der Waals surface area (Å²) in [6.45, 7) is 10.9. The van der Waals surface area contributed by atoms with Gasteiger partial charge in [0.1, 0.15) is 10.3 Å². The summed E-state index contributed by atoms with van der Waals surface area (Å²) in [6.07, 6.45) is 3.47. The Labute approximate surface area is 209 Å². The molecule has 0 aliphatic carbocycles. The quantitative estimate of drug-likeness (QED) is 0.399. The molecule has 5 rings (SSSR count). The van der Waals surface area contributed by atoms with E-state index in [0.717, 1.165) is 64.1 Å². The van der Waals surface area contributed by atoms with E-state index in [0.29, 0.717) is 6.42 Å². The van der Waals surface area contributed by atoms with Crippen molar-refractivity contribution in [1.29, 1.82) is 0 Å². The second-order valence-electron chi connectivity index (χ2n) is 9.12. The van der Waals surface area contributed by atoms with Gasteiger partial charge in [0.15, 0.2) is 5.65 Å². The van der Waals surface area contributed by atoms with Crippen molar-refractivity contribution in [3.05, 3.63) is 51.1 Å². The molecule has 35 heavy (non-hydrogen) atoms. The number of nitrogens with zero attached hydrogens (tertiary/aromatic N) is 7. The molecule has 1 aliphatic rings. The SMILES string of the molecule is CC#CCc1cn2c(n1)c(N1CCN(C(C)c3ccc4nc(C)sc4n3)CC1CC)cc(=O)n2C. The number of aromatic nitrogens is 5. The molecule has 4 aromatic heterocycles. The molecule has 0 spiro atoms. The molecule has 2 atom stereocenters. The van der Waals surface area contributed by atoms with Crippen LogP contribution in [0.5, 0.6) is 0 Å². The van der Waals surface area contributed by atoms with Gasteiger partial charge in [-0.15, -0.1) is 5.92 Å². The minimum absolute atomic E-state index is 0.0407. The summed E-state index contributed by atoms with van der Waals surface area (Å²) in [7, 11) is 1.78. The first-order valence-electron chi connectivity index (χ1n) is 12.1. The number of imidazole rings is 1. The summed E-state index contributed by atoms with van der Waals surface area (Å²) in [4.78, 5) is 33.0. The van der Waals surface area contributed by atoms with Gasteiger partial charge in [0.05, 0.1) is 34.7 Å². The van der Waals surface area contributed by atoms with Crippen LogP contribution < -0.4 is 10.5 Å². The average molecular weight is 490 g/mol. The molecule has 0 amide bonds. The van der Waals surface area contributed by atoms with Gasteiger partial charge in [-0.1, -0.05) is 24.2 Å². The molecular formula is C26H31N7OS. The fourth-order valence-corrected chi connectivity index (χ4v) is 5.73. The van der Waals surface area contributed by atoms with Crippen LogP contribution in [-0.4, -0.2) is 54.7 Å². The molecule has 9 heteroatoms. The summed E-state index contributed by atoms with van der Waals surface area (Å²) in [5, 5.41) is 1.04. The van der Waals surface area contributed by atoms with E-state index in [1.807, 2.05) is 24.6 Å². The van der Waals surface area contributed by atoms with E-state index in [9.17, 15) is 4.79 Å². The number of aryl methyl sites for hydroxylation is 2. The van der Waals surface area contributed by atoms with Crippen molar-refractivity contribution >= 4 is 33.0 Å². The van der Waals surface area contributed by atoms with Crippen molar-refractivity contribution in [3.8, 4) is 11.8 Å². The Balaban J connectivity index is 1.43. The van der Waals surface area contributed by atoms with Crippen molar-refractivity contribution < 1.29 is 0 Å². The first-order valence-corrected chi connectivity index (χ1v) is 12.9. The molecule has 0 N–H and O–H groups in total. The lowest BCUT2D eigenvalue weighted by molar-refractivity contribution is 0.166. The number of hydrogen-bond acceptors (Lipinski definition) is 7. The van der Waals surface area contributed by atoms with Crippen LogP contribution in [0.15, 0.2) is 29.2 Å². The predicted molar refractivity (Wildman–Crippen MR) is 141 cm³/mol. The standard InChI is InChI=1S/C26H31N7OS/c1-6-8-9-19-15-33-25(28-19)23(14-24(34)30(33)5)32-13-12-31(16-20(32)7-2)17(3)21-10-11-22-26(29-21)35-18(4)27-22/h10-11,14-15,17,20H,7,9,12-13,16H2,1-5H3. The van der Waals surface area contributed by atoms with Gasteiger partial charge in [0.25, 0.3) is 5.56 Å². The van der Waals surface area contributed by atoms with Gasteiger partial charge in [0.2, 0.25) is 0 Å². The Morgan fingerprint density at radius 2 is 2.06 bits per heavy atom. The molecule has 1 saturated heterocycles. The monoisotopic (exact) mass is 489 g/mol. The predicted octanol–water partition coefficient (Wildman–Crippen LogP) is 3.57. The number of fused-ring (bicyclic) bond motifs is 2. The highest BCUT2D eigenvalue weighted by Crippen LogP contribution is 2.30. The van der Waals surface area contributed by atoms with Crippen molar-refractivity contribution in [2.45, 2.75) is 52.6 Å². The molecule has 0 saturated carbocycles. The largest absolute Gasteiger partial charge is 0.363 e. The number of rotatable bonds is 5. The van der Waals surface area contributed by atoms with Gasteiger partial charge in [-0.05, 0) is 39.3 Å². The second kappa shape index (κ2) is 9.44. The molecule has 5 heterocycles. The van der Waals surface area contributed by atoms with Crippen molar-refractivity contribution in [1.82, 2.24) is 29.0 Å². The molecule has 8 nitrogen and oxygen atoms in total. The Bertz CT molecular complexity index is 1510. The van der Waals surface area contributed by atoms with E-state index in [1.165, 1.54) is 0 Å². The highest BCUT2D eigenvalue weighted by Gasteiger charge is 2.31.